The maximum absolute atomic E-state index is 12.6. The van der Waals surface area contributed by atoms with Crippen LogP contribution in [0.15, 0.2) is 12.1 Å². The van der Waals surface area contributed by atoms with Gasteiger partial charge in [0.15, 0.2) is 17.6 Å². The molecule has 2 aliphatic heterocycles. The van der Waals surface area contributed by atoms with Crippen LogP contribution >= 0.6 is 11.6 Å². The lowest BCUT2D eigenvalue weighted by Crippen LogP contribution is -2.51. The Morgan fingerprint density at radius 1 is 1.19 bits per heavy atom. The first kappa shape index (κ1) is 19.8. The number of hydrogen-bond acceptors (Lipinski definition) is 6. The summed E-state index contributed by atoms with van der Waals surface area (Å²) in [5.41, 5.74) is 0.215. The normalized spacial score (nSPS) is 23.3. The first-order chi connectivity index (χ1) is 12.8. The van der Waals surface area contributed by atoms with E-state index < -0.39 is 12.1 Å². The quantitative estimate of drug-likeness (QED) is 0.730. The van der Waals surface area contributed by atoms with Crippen molar-refractivity contribution >= 4 is 23.5 Å². The highest BCUT2D eigenvalue weighted by molar-refractivity contribution is 6.32. The van der Waals surface area contributed by atoms with Gasteiger partial charge in [-0.05, 0) is 32.9 Å². The highest BCUT2D eigenvalue weighted by atomic mass is 35.5. The molecule has 3 rings (SSSR count). The first-order valence-corrected chi connectivity index (χ1v) is 9.47. The van der Waals surface area contributed by atoms with Gasteiger partial charge in [-0.25, -0.2) is 4.79 Å². The molecule has 0 bridgehead atoms. The Morgan fingerprint density at radius 2 is 1.85 bits per heavy atom. The molecule has 1 aromatic carbocycles. The molecule has 0 aliphatic carbocycles. The zero-order valence-corrected chi connectivity index (χ0v) is 16.5. The molecule has 27 heavy (non-hydrogen) atoms. The summed E-state index contributed by atoms with van der Waals surface area (Å²) in [6.07, 6.45) is -0.292. The van der Waals surface area contributed by atoms with E-state index in [0.29, 0.717) is 37.8 Å². The topological polar surface area (TPSA) is 74.3 Å². The van der Waals surface area contributed by atoms with E-state index >= 15 is 0 Å². The van der Waals surface area contributed by atoms with E-state index in [1.54, 1.807) is 11.8 Å². The Hall–Kier alpha value is -1.99. The summed E-state index contributed by atoms with van der Waals surface area (Å²) in [6.45, 7) is 7.30. The number of benzene rings is 1. The lowest BCUT2D eigenvalue weighted by Gasteiger charge is -2.36. The van der Waals surface area contributed by atoms with Gasteiger partial charge in [0.1, 0.15) is 0 Å². The summed E-state index contributed by atoms with van der Waals surface area (Å²) in [7, 11) is 0. The number of rotatable bonds is 3. The Morgan fingerprint density at radius 3 is 2.56 bits per heavy atom. The minimum absolute atomic E-state index is 0.0545. The van der Waals surface area contributed by atoms with E-state index in [4.69, 9.17) is 30.5 Å². The van der Waals surface area contributed by atoms with Gasteiger partial charge < -0.3 is 23.8 Å². The standard InChI is InChI=1S/C19H24ClNO6/c1-11-9-21(10-12(2)26-11)18(22)13(3)27-19(23)14-7-15(20)17-16(8-14)24-5-4-6-25-17/h7-8,11-13H,4-6,9-10H2,1-3H3/t11-,12+,13-/m1/s1. The second-order valence-electron chi connectivity index (χ2n) is 6.88. The minimum atomic E-state index is -0.912. The Kier molecular flexibility index (Phi) is 6.11. The molecule has 1 fully saturated rings. The van der Waals surface area contributed by atoms with Crippen LogP contribution in [-0.4, -0.2) is 61.4 Å². The van der Waals surface area contributed by atoms with Crippen LogP contribution in [-0.2, 0) is 14.3 Å². The summed E-state index contributed by atoms with van der Waals surface area (Å²) in [4.78, 5) is 26.8. The summed E-state index contributed by atoms with van der Waals surface area (Å²) in [5.74, 6) is -0.0542. The van der Waals surface area contributed by atoms with Crippen LogP contribution in [0.2, 0.25) is 5.02 Å². The molecular formula is C19H24ClNO6. The molecular weight excluding hydrogens is 374 g/mol. The fourth-order valence-electron chi connectivity index (χ4n) is 3.24. The largest absolute Gasteiger partial charge is 0.489 e. The van der Waals surface area contributed by atoms with Gasteiger partial charge in [-0.15, -0.1) is 0 Å². The smallest absolute Gasteiger partial charge is 0.339 e. The Balaban J connectivity index is 1.68. The lowest BCUT2D eigenvalue weighted by atomic mass is 10.2. The van der Waals surface area contributed by atoms with E-state index in [0.717, 1.165) is 6.42 Å². The van der Waals surface area contributed by atoms with E-state index in [1.165, 1.54) is 12.1 Å². The predicted octanol–water partition coefficient (Wildman–Crippen LogP) is 2.68. The van der Waals surface area contributed by atoms with E-state index in [1.807, 2.05) is 13.8 Å². The van der Waals surface area contributed by atoms with Gasteiger partial charge in [0, 0.05) is 19.5 Å². The van der Waals surface area contributed by atoms with Crippen molar-refractivity contribution in [3.63, 3.8) is 0 Å². The second-order valence-corrected chi connectivity index (χ2v) is 7.29. The summed E-state index contributed by atoms with van der Waals surface area (Å²) >= 11 is 6.22. The van der Waals surface area contributed by atoms with Crippen molar-refractivity contribution in [1.29, 1.82) is 0 Å². The Labute approximate surface area is 163 Å². The van der Waals surface area contributed by atoms with Crippen molar-refractivity contribution in [1.82, 2.24) is 4.90 Å². The monoisotopic (exact) mass is 397 g/mol. The number of halogens is 1. The molecule has 0 saturated carbocycles. The highest BCUT2D eigenvalue weighted by Gasteiger charge is 2.31. The Bertz CT molecular complexity index is 714. The molecule has 3 atom stereocenters. The number of morpholine rings is 1. The number of carbonyl (C=O) groups is 2. The summed E-state index contributed by atoms with van der Waals surface area (Å²) in [5, 5.41) is 0.274. The average molecular weight is 398 g/mol. The SMILES string of the molecule is C[C@@H]1CN(C(=O)[C@@H](C)OC(=O)c2cc(Cl)c3c(c2)OCCCO3)C[C@H](C)O1. The third-order valence-electron chi connectivity index (χ3n) is 4.40. The van der Waals surface area contributed by atoms with Crippen molar-refractivity contribution in [3.05, 3.63) is 22.7 Å². The van der Waals surface area contributed by atoms with Gasteiger partial charge in [-0.2, -0.15) is 0 Å². The van der Waals surface area contributed by atoms with Gasteiger partial charge in [-0.1, -0.05) is 11.6 Å². The van der Waals surface area contributed by atoms with Crippen LogP contribution in [0, 0.1) is 0 Å². The predicted molar refractivity (Wildman–Crippen MR) is 98.5 cm³/mol. The fourth-order valence-corrected chi connectivity index (χ4v) is 3.51. The first-order valence-electron chi connectivity index (χ1n) is 9.09. The van der Waals surface area contributed by atoms with Crippen molar-refractivity contribution in [2.45, 2.75) is 45.5 Å². The van der Waals surface area contributed by atoms with E-state index in [9.17, 15) is 9.59 Å². The molecule has 0 radical (unpaired) electrons. The van der Waals surface area contributed by atoms with Crippen LogP contribution in [0.1, 0.15) is 37.6 Å². The molecule has 1 aromatic rings. The van der Waals surface area contributed by atoms with E-state index in [-0.39, 0.29) is 28.7 Å². The highest BCUT2D eigenvalue weighted by Crippen LogP contribution is 2.38. The molecule has 1 saturated heterocycles. The second kappa shape index (κ2) is 8.35. The fraction of sp³-hybridized carbons (Fsp3) is 0.579. The third kappa shape index (κ3) is 4.65. The molecule has 0 spiro atoms. The van der Waals surface area contributed by atoms with Crippen molar-refractivity contribution in [3.8, 4) is 11.5 Å². The number of carbonyl (C=O) groups excluding carboxylic acids is 2. The van der Waals surface area contributed by atoms with Crippen LogP contribution in [0.3, 0.4) is 0 Å². The summed E-state index contributed by atoms with van der Waals surface area (Å²) in [6, 6.07) is 3.00. The van der Waals surface area contributed by atoms with Gasteiger partial charge in [0.25, 0.3) is 5.91 Å². The number of fused-ring (bicyclic) bond motifs is 1. The van der Waals surface area contributed by atoms with Crippen LogP contribution in [0.25, 0.3) is 0 Å². The van der Waals surface area contributed by atoms with Crippen LogP contribution in [0.4, 0.5) is 0 Å². The molecule has 0 aromatic heterocycles. The molecule has 7 nitrogen and oxygen atoms in total. The van der Waals surface area contributed by atoms with Crippen molar-refractivity contribution in [2.75, 3.05) is 26.3 Å². The number of esters is 1. The van der Waals surface area contributed by atoms with Crippen LogP contribution < -0.4 is 9.47 Å². The van der Waals surface area contributed by atoms with E-state index in [2.05, 4.69) is 0 Å². The van der Waals surface area contributed by atoms with Gasteiger partial charge in [0.05, 0.1) is 36.0 Å². The zero-order chi connectivity index (χ0) is 19.6. The van der Waals surface area contributed by atoms with Gasteiger partial charge in [0.2, 0.25) is 0 Å². The molecule has 8 heteroatoms. The zero-order valence-electron chi connectivity index (χ0n) is 15.7. The van der Waals surface area contributed by atoms with Crippen LogP contribution in [0.5, 0.6) is 11.5 Å². The number of ether oxygens (including phenoxy) is 4. The number of amides is 1. The van der Waals surface area contributed by atoms with Gasteiger partial charge >= 0.3 is 5.97 Å². The van der Waals surface area contributed by atoms with Crippen molar-refractivity contribution in [2.24, 2.45) is 0 Å². The molecule has 2 aliphatic rings. The summed E-state index contributed by atoms with van der Waals surface area (Å²) < 4.78 is 22.1. The van der Waals surface area contributed by atoms with Crippen molar-refractivity contribution < 1.29 is 28.5 Å². The maximum Gasteiger partial charge on any atom is 0.339 e. The maximum atomic E-state index is 12.6. The number of hydrogen-bond donors (Lipinski definition) is 0. The molecule has 0 N–H and O–H groups in total. The third-order valence-corrected chi connectivity index (χ3v) is 4.68. The molecule has 1 amide bonds. The van der Waals surface area contributed by atoms with Gasteiger partial charge in [-0.3, -0.25) is 4.79 Å². The minimum Gasteiger partial charge on any atom is -0.489 e. The number of nitrogens with zero attached hydrogens (tertiary/aromatic N) is 1. The molecule has 0 unspecified atom stereocenters. The molecule has 148 valence electrons. The lowest BCUT2D eigenvalue weighted by molar-refractivity contribution is -0.151. The average Bonchev–Trinajstić information content (AvgIpc) is 2.85. The molecule has 2 heterocycles.